The first-order valence-corrected chi connectivity index (χ1v) is 6.14. The zero-order chi connectivity index (χ0) is 12.7. The van der Waals surface area contributed by atoms with Gasteiger partial charge in [0, 0.05) is 26.1 Å². The van der Waals surface area contributed by atoms with Gasteiger partial charge in [-0.1, -0.05) is 37.3 Å². The highest BCUT2D eigenvalue weighted by Gasteiger charge is 2.14. The van der Waals surface area contributed by atoms with Crippen LogP contribution in [-0.2, 0) is 11.2 Å². The molecule has 0 aliphatic carbocycles. The van der Waals surface area contributed by atoms with Crippen molar-refractivity contribution in [2.24, 2.45) is 11.7 Å². The molecule has 1 aromatic carbocycles. The fourth-order valence-electron chi connectivity index (χ4n) is 1.75. The predicted octanol–water partition coefficient (Wildman–Crippen LogP) is 1.67. The number of amides is 1. The molecule has 1 unspecified atom stereocenters. The highest BCUT2D eigenvalue weighted by Crippen LogP contribution is 2.05. The number of nitrogens with zero attached hydrogens (tertiary/aromatic N) is 1. The van der Waals surface area contributed by atoms with Crippen molar-refractivity contribution < 1.29 is 4.79 Å². The van der Waals surface area contributed by atoms with Gasteiger partial charge < -0.3 is 10.6 Å². The summed E-state index contributed by atoms with van der Waals surface area (Å²) in [6.07, 6.45) is 2.00. The van der Waals surface area contributed by atoms with E-state index >= 15 is 0 Å². The Bertz CT molecular complexity index is 337. The standard InChI is InChI=1S/C14H22N2O/c1-12(11-15)14(17)16(2)10-6-9-13-7-4-3-5-8-13/h3-5,7-8,12H,6,9-11,15H2,1-2H3. The lowest BCUT2D eigenvalue weighted by molar-refractivity contribution is -0.133. The minimum atomic E-state index is -0.0725. The van der Waals surface area contributed by atoms with Gasteiger partial charge in [-0.3, -0.25) is 4.79 Å². The Balaban J connectivity index is 2.29. The van der Waals surface area contributed by atoms with Crippen molar-refractivity contribution in [1.29, 1.82) is 0 Å². The van der Waals surface area contributed by atoms with Crippen molar-refractivity contribution in [2.45, 2.75) is 19.8 Å². The molecule has 0 fully saturated rings. The van der Waals surface area contributed by atoms with Gasteiger partial charge in [0.05, 0.1) is 0 Å². The van der Waals surface area contributed by atoms with Gasteiger partial charge in [-0.05, 0) is 18.4 Å². The Kier molecular flexibility index (Phi) is 5.70. The van der Waals surface area contributed by atoms with Crippen molar-refractivity contribution in [3.8, 4) is 0 Å². The van der Waals surface area contributed by atoms with Crippen LogP contribution in [0.3, 0.4) is 0 Å². The summed E-state index contributed by atoms with van der Waals surface area (Å²) < 4.78 is 0. The number of carbonyl (C=O) groups excluding carboxylic acids is 1. The second-order valence-electron chi connectivity index (χ2n) is 4.49. The molecule has 2 N–H and O–H groups in total. The smallest absolute Gasteiger partial charge is 0.226 e. The van der Waals surface area contributed by atoms with Gasteiger partial charge in [-0.15, -0.1) is 0 Å². The van der Waals surface area contributed by atoms with Crippen LogP contribution in [0.4, 0.5) is 0 Å². The third kappa shape index (κ3) is 4.57. The van der Waals surface area contributed by atoms with Crippen LogP contribution in [0.1, 0.15) is 18.9 Å². The van der Waals surface area contributed by atoms with Gasteiger partial charge >= 0.3 is 0 Å². The zero-order valence-corrected chi connectivity index (χ0v) is 10.7. The average molecular weight is 234 g/mol. The van der Waals surface area contributed by atoms with Crippen LogP contribution in [0.5, 0.6) is 0 Å². The Morgan fingerprint density at radius 3 is 2.59 bits per heavy atom. The van der Waals surface area contributed by atoms with Gasteiger partial charge in [0.15, 0.2) is 0 Å². The maximum absolute atomic E-state index is 11.8. The molecule has 0 radical (unpaired) electrons. The van der Waals surface area contributed by atoms with E-state index in [4.69, 9.17) is 5.73 Å². The fraction of sp³-hybridized carbons (Fsp3) is 0.500. The van der Waals surface area contributed by atoms with E-state index in [0.29, 0.717) is 6.54 Å². The Labute approximate surface area is 104 Å². The highest BCUT2D eigenvalue weighted by atomic mass is 16.2. The summed E-state index contributed by atoms with van der Waals surface area (Å²) in [4.78, 5) is 13.5. The molecule has 0 heterocycles. The summed E-state index contributed by atoms with van der Waals surface area (Å²) in [6, 6.07) is 10.3. The molecule has 0 bridgehead atoms. The van der Waals surface area contributed by atoms with Crippen molar-refractivity contribution >= 4 is 5.91 Å². The summed E-state index contributed by atoms with van der Waals surface area (Å²) in [7, 11) is 1.85. The summed E-state index contributed by atoms with van der Waals surface area (Å²) in [5, 5.41) is 0. The van der Waals surface area contributed by atoms with Crippen LogP contribution in [0, 0.1) is 5.92 Å². The minimum Gasteiger partial charge on any atom is -0.345 e. The maximum Gasteiger partial charge on any atom is 0.226 e. The molecule has 0 aliphatic heterocycles. The number of hydrogen-bond acceptors (Lipinski definition) is 2. The second-order valence-corrected chi connectivity index (χ2v) is 4.49. The highest BCUT2D eigenvalue weighted by molar-refractivity contribution is 5.78. The first-order chi connectivity index (χ1) is 8.15. The SMILES string of the molecule is CC(CN)C(=O)N(C)CCCc1ccccc1. The molecular formula is C14H22N2O. The Hall–Kier alpha value is -1.35. The van der Waals surface area contributed by atoms with E-state index in [1.165, 1.54) is 5.56 Å². The summed E-state index contributed by atoms with van der Waals surface area (Å²) in [5.41, 5.74) is 6.80. The minimum absolute atomic E-state index is 0.0725. The summed E-state index contributed by atoms with van der Waals surface area (Å²) in [5.74, 6) is 0.0669. The van der Waals surface area contributed by atoms with Gasteiger partial charge in [0.25, 0.3) is 0 Å². The second kappa shape index (κ2) is 7.07. The van der Waals surface area contributed by atoms with Crippen molar-refractivity contribution in [3.05, 3.63) is 35.9 Å². The van der Waals surface area contributed by atoms with Crippen LogP contribution >= 0.6 is 0 Å². The quantitative estimate of drug-likeness (QED) is 0.814. The largest absolute Gasteiger partial charge is 0.345 e. The van der Waals surface area contributed by atoms with E-state index in [1.54, 1.807) is 4.90 Å². The molecule has 0 aromatic heterocycles. The molecule has 0 saturated carbocycles. The molecule has 0 aliphatic rings. The molecular weight excluding hydrogens is 212 g/mol. The lowest BCUT2D eigenvalue weighted by atomic mass is 10.1. The first kappa shape index (κ1) is 13.7. The molecule has 1 aromatic rings. The normalized spacial score (nSPS) is 12.2. The lowest BCUT2D eigenvalue weighted by Crippen LogP contribution is -2.35. The molecule has 0 spiro atoms. The third-order valence-corrected chi connectivity index (χ3v) is 2.95. The van der Waals surface area contributed by atoms with Gasteiger partial charge in [0.2, 0.25) is 5.91 Å². The molecule has 0 saturated heterocycles. The van der Waals surface area contributed by atoms with Gasteiger partial charge in [-0.25, -0.2) is 0 Å². The number of nitrogens with two attached hydrogens (primary N) is 1. The molecule has 1 rings (SSSR count). The number of aryl methyl sites for hydroxylation is 1. The topological polar surface area (TPSA) is 46.3 Å². The first-order valence-electron chi connectivity index (χ1n) is 6.14. The van der Waals surface area contributed by atoms with E-state index in [-0.39, 0.29) is 11.8 Å². The number of carbonyl (C=O) groups is 1. The monoisotopic (exact) mass is 234 g/mol. The van der Waals surface area contributed by atoms with Gasteiger partial charge in [-0.2, -0.15) is 0 Å². The Morgan fingerprint density at radius 2 is 2.00 bits per heavy atom. The molecule has 1 amide bonds. The zero-order valence-electron chi connectivity index (χ0n) is 10.7. The van der Waals surface area contributed by atoms with E-state index < -0.39 is 0 Å². The van der Waals surface area contributed by atoms with E-state index in [2.05, 4.69) is 12.1 Å². The Morgan fingerprint density at radius 1 is 1.35 bits per heavy atom. The van der Waals surface area contributed by atoms with Crippen LogP contribution in [0.25, 0.3) is 0 Å². The maximum atomic E-state index is 11.8. The van der Waals surface area contributed by atoms with Gasteiger partial charge in [0.1, 0.15) is 0 Å². The fourth-order valence-corrected chi connectivity index (χ4v) is 1.75. The molecule has 3 nitrogen and oxygen atoms in total. The predicted molar refractivity (Wildman–Crippen MR) is 70.6 cm³/mol. The number of hydrogen-bond donors (Lipinski definition) is 1. The van der Waals surface area contributed by atoms with Crippen LogP contribution < -0.4 is 5.73 Å². The van der Waals surface area contributed by atoms with Crippen molar-refractivity contribution in [3.63, 3.8) is 0 Å². The average Bonchev–Trinajstić information content (AvgIpc) is 2.38. The van der Waals surface area contributed by atoms with E-state index in [1.807, 2.05) is 32.2 Å². The lowest BCUT2D eigenvalue weighted by Gasteiger charge is -2.20. The number of rotatable bonds is 6. The molecule has 3 heteroatoms. The van der Waals surface area contributed by atoms with Crippen molar-refractivity contribution in [1.82, 2.24) is 4.90 Å². The van der Waals surface area contributed by atoms with Crippen LogP contribution in [0.2, 0.25) is 0 Å². The van der Waals surface area contributed by atoms with Crippen molar-refractivity contribution in [2.75, 3.05) is 20.1 Å². The summed E-state index contributed by atoms with van der Waals surface area (Å²) >= 11 is 0. The molecule has 17 heavy (non-hydrogen) atoms. The third-order valence-electron chi connectivity index (χ3n) is 2.95. The van der Waals surface area contributed by atoms with E-state index in [9.17, 15) is 4.79 Å². The summed E-state index contributed by atoms with van der Waals surface area (Å²) in [6.45, 7) is 3.08. The van der Waals surface area contributed by atoms with E-state index in [0.717, 1.165) is 19.4 Å². The molecule has 1 atom stereocenters. The molecule has 94 valence electrons. The van der Waals surface area contributed by atoms with Crippen LogP contribution in [-0.4, -0.2) is 30.9 Å². The number of benzene rings is 1. The van der Waals surface area contributed by atoms with Crippen LogP contribution in [0.15, 0.2) is 30.3 Å².